The third kappa shape index (κ3) is 2.43. The summed E-state index contributed by atoms with van der Waals surface area (Å²) in [7, 11) is 0. The number of thiophene rings is 1. The molecule has 0 aromatic carbocycles. The SMILES string of the molecule is C#CCCC(=O)c1cc(C)c(C)s1. The number of terminal acetylenes is 1. The lowest BCUT2D eigenvalue weighted by Crippen LogP contribution is -1.94. The van der Waals surface area contributed by atoms with Crippen LogP contribution in [0.2, 0.25) is 0 Å². The molecule has 0 N–H and O–H groups in total. The van der Waals surface area contributed by atoms with Crippen LogP contribution >= 0.6 is 11.3 Å². The minimum absolute atomic E-state index is 0.166. The second-order valence-corrected chi connectivity index (χ2v) is 4.23. The summed E-state index contributed by atoms with van der Waals surface area (Å²) in [4.78, 5) is 13.5. The van der Waals surface area contributed by atoms with Crippen molar-refractivity contribution in [2.24, 2.45) is 0 Å². The first-order chi connectivity index (χ1) is 6.15. The van der Waals surface area contributed by atoms with Crippen molar-refractivity contribution in [3.8, 4) is 12.3 Å². The van der Waals surface area contributed by atoms with Crippen molar-refractivity contribution in [1.29, 1.82) is 0 Å². The molecular formula is C11H12OS. The molecule has 0 radical (unpaired) electrons. The monoisotopic (exact) mass is 192 g/mol. The van der Waals surface area contributed by atoms with Gasteiger partial charge in [-0.2, -0.15) is 0 Å². The van der Waals surface area contributed by atoms with Crippen molar-refractivity contribution >= 4 is 17.1 Å². The first-order valence-corrected chi connectivity index (χ1v) is 5.00. The van der Waals surface area contributed by atoms with Crippen LogP contribution in [0.3, 0.4) is 0 Å². The summed E-state index contributed by atoms with van der Waals surface area (Å²) in [5.41, 5.74) is 1.19. The molecule has 0 amide bonds. The molecule has 1 rings (SSSR count). The highest BCUT2D eigenvalue weighted by Gasteiger charge is 2.09. The minimum atomic E-state index is 0.166. The molecule has 0 aliphatic heterocycles. The molecular weight excluding hydrogens is 180 g/mol. The Morgan fingerprint density at radius 1 is 1.62 bits per heavy atom. The first kappa shape index (κ1) is 10.0. The number of hydrogen-bond acceptors (Lipinski definition) is 2. The van der Waals surface area contributed by atoms with Gasteiger partial charge in [-0.1, -0.05) is 0 Å². The molecule has 0 spiro atoms. The van der Waals surface area contributed by atoms with Gasteiger partial charge in [0.05, 0.1) is 4.88 Å². The van der Waals surface area contributed by atoms with Crippen LogP contribution in [0.1, 0.15) is 33.0 Å². The molecule has 0 bridgehead atoms. The molecule has 1 heterocycles. The molecule has 0 aliphatic rings. The second kappa shape index (κ2) is 4.25. The highest BCUT2D eigenvalue weighted by atomic mass is 32.1. The number of aryl methyl sites for hydroxylation is 2. The Balaban J connectivity index is 2.73. The van der Waals surface area contributed by atoms with E-state index in [1.165, 1.54) is 10.4 Å². The Morgan fingerprint density at radius 3 is 2.77 bits per heavy atom. The van der Waals surface area contributed by atoms with Gasteiger partial charge >= 0.3 is 0 Å². The van der Waals surface area contributed by atoms with E-state index in [9.17, 15) is 4.79 Å². The van der Waals surface area contributed by atoms with Crippen LogP contribution < -0.4 is 0 Å². The third-order valence-corrected chi connectivity index (χ3v) is 3.13. The van der Waals surface area contributed by atoms with E-state index in [4.69, 9.17) is 6.42 Å². The number of hydrogen-bond donors (Lipinski definition) is 0. The van der Waals surface area contributed by atoms with Gasteiger partial charge in [-0.15, -0.1) is 23.7 Å². The Bertz CT molecular complexity index is 335. The average molecular weight is 192 g/mol. The summed E-state index contributed by atoms with van der Waals surface area (Å²) in [5, 5.41) is 0. The van der Waals surface area contributed by atoms with Crippen LogP contribution in [0.4, 0.5) is 0 Å². The molecule has 1 aromatic heterocycles. The van der Waals surface area contributed by atoms with Gasteiger partial charge in [0.1, 0.15) is 0 Å². The van der Waals surface area contributed by atoms with Gasteiger partial charge in [0.15, 0.2) is 5.78 Å². The summed E-state index contributed by atoms with van der Waals surface area (Å²) < 4.78 is 0. The Kier molecular flexibility index (Phi) is 3.27. The molecule has 1 nitrogen and oxygen atoms in total. The number of ketones is 1. The van der Waals surface area contributed by atoms with Crippen LogP contribution in [0.5, 0.6) is 0 Å². The van der Waals surface area contributed by atoms with Crippen molar-refractivity contribution in [3.05, 3.63) is 21.4 Å². The van der Waals surface area contributed by atoms with Gasteiger partial charge in [0, 0.05) is 17.7 Å². The maximum absolute atomic E-state index is 11.5. The highest BCUT2D eigenvalue weighted by molar-refractivity contribution is 7.14. The molecule has 68 valence electrons. The van der Waals surface area contributed by atoms with E-state index >= 15 is 0 Å². The second-order valence-electron chi connectivity index (χ2n) is 2.98. The zero-order valence-electron chi connectivity index (χ0n) is 7.89. The molecule has 13 heavy (non-hydrogen) atoms. The number of Topliss-reactive ketones (excluding diaryl/α,β-unsaturated/α-hetero) is 1. The summed E-state index contributed by atoms with van der Waals surface area (Å²) in [5.74, 6) is 2.64. The Hall–Kier alpha value is -1.07. The summed E-state index contributed by atoms with van der Waals surface area (Å²) in [6.07, 6.45) is 6.10. The molecule has 0 aliphatic carbocycles. The summed E-state index contributed by atoms with van der Waals surface area (Å²) >= 11 is 1.55. The van der Waals surface area contributed by atoms with Crippen LogP contribution in [0.25, 0.3) is 0 Å². The lowest BCUT2D eigenvalue weighted by atomic mass is 10.2. The fourth-order valence-corrected chi connectivity index (χ4v) is 2.02. The van der Waals surface area contributed by atoms with Gasteiger partial charge in [-0.05, 0) is 25.5 Å². The largest absolute Gasteiger partial charge is 0.293 e. The van der Waals surface area contributed by atoms with Crippen LogP contribution in [-0.4, -0.2) is 5.78 Å². The van der Waals surface area contributed by atoms with E-state index < -0.39 is 0 Å². The molecule has 0 saturated heterocycles. The fraction of sp³-hybridized carbons (Fsp3) is 0.364. The van der Waals surface area contributed by atoms with Gasteiger partial charge in [-0.3, -0.25) is 4.79 Å². The zero-order valence-corrected chi connectivity index (χ0v) is 8.70. The van der Waals surface area contributed by atoms with E-state index in [1.807, 2.05) is 19.9 Å². The van der Waals surface area contributed by atoms with Crippen molar-refractivity contribution in [2.75, 3.05) is 0 Å². The van der Waals surface area contributed by atoms with E-state index in [2.05, 4.69) is 5.92 Å². The van der Waals surface area contributed by atoms with Crippen molar-refractivity contribution in [1.82, 2.24) is 0 Å². The molecule has 0 unspecified atom stereocenters. The predicted octanol–water partition coefficient (Wildman–Crippen LogP) is 2.96. The topological polar surface area (TPSA) is 17.1 Å². The zero-order chi connectivity index (χ0) is 9.84. The Morgan fingerprint density at radius 2 is 2.31 bits per heavy atom. The van der Waals surface area contributed by atoms with Crippen molar-refractivity contribution in [3.63, 3.8) is 0 Å². The fourth-order valence-electron chi connectivity index (χ4n) is 1.02. The quantitative estimate of drug-likeness (QED) is 0.531. The number of rotatable bonds is 3. The molecule has 0 atom stereocenters. The van der Waals surface area contributed by atoms with Gasteiger partial charge in [0.25, 0.3) is 0 Å². The minimum Gasteiger partial charge on any atom is -0.293 e. The van der Waals surface area contributed by atoms with E-state index in [1.54, 1.807) is 11.3 Å². The standard InChI is InChI=1S/C11H12OS/c1-4-5-6-10(12)11-7-8(2)9(3)13-11/h1,7H,5-6H2,2-3H3. The average Bonchev–Trinajstić information content (AvgIpc) is 2.43. The van der Waals surface area contributed by atoms with Gasteiger partial charge < -0.3 is 0 Å². The molecule has 2 heteroatoms. The van der Waals surface area contributed by atoms with Crippen LogP contribution in [-0.2, 0) is 0 Å². The molecule has 1 aromatic rings. The van der Waals surface area contributed by atoms with E-state index in [0.717, 1.165) is 4.88 Å². The lowest BCUT2D eigenvalue weighted by molar-refractivity contribution is 0.0988. The molecule has 0 fully saturated rings. The van der Waals surface area contributed by atoms with Gasteiger partial charge in [0.2, 0.25) is 0 Å². The number of carbonyl (C=O) groups excluding carboxylic acids is 1. The molecule has 0 saturated carbocycles. The maximum Gasteiger partial charge on any atom is 0.173 e. The third-order valence-electron chi connectivity index (χ3n) is 1.94. The number of carbonyl (C=O) groups is 1. The lowest BCUT2D eigenvalue weighted by Gasteiger charge is -1.91. The van der Waals surface area contributed by atoms with Crippen molar-refractivity contribution in [2.45, 2.75) is 26.7 Å². The van der Waals surface area contributed by atoms with Crippen LogP contribution in [0.15, 0.2) is 6.07 Å². The highest BCUT2D eigenvalue weighted by Crippen LogP contribution is 2.22. The van der Waals surface area contributed by atoms with E-state index in [0.29, 0.717) is 12.8 Å². The smallest absolute Gasteiger partial charge is 0.173 e. The predicted molar refractivity (Wildman–Crippen MR) is 56.2 cm³/mol. The van der Waals surface area contributed by atoms with Crippen LogP contribution in [0, 0.1) is 26.2 Å². The van der Waals surface area contributed by atoms with Crippen molar-refractivity contribution < 1.29 is 4.79 Å². The summed E-state index contributed by atoms with van der Waals surface area (Å²) in [6, 6.07) is 1.94. The first-order valence-electron chi connectivity index (χ1n) is 4.19. The van der Waals surface area contributed by atoms with E-state index in [-0.39, 0.29) is 5.78 Å². The maximum atomic E-state index is 11.5. The Labute approximate surface area is 82.8 Å². The normalized spacial score (nSPS) is 9.62. The summed E-state index contributed by atoms with van der Waals surface area (Å²) in [6.45, 7) is 4.04. The van der Waals surface area contributed by atoms with Gasteiger partial charge in [-0.25, -0.2) is 0 Å².